The van der Waals surface area contributed by atoms with Gasteiger partial charge in [-0.15, -0.1) is 11.3 Å². The number of carbonyl (C=O) groups excluding carboxylic acids is 1. The van der Waals surface area contributed by atoms with Gasteiger partial charge in [-0.2, -0.15) is 0 Å². The van der Waals surface area contributed by atoms with Crippen molar-refractivity contribution >= 4 is 22.4 Å². The SMILES string of the molecule is C[C@@H]1CCc2nc(NC(=O)c3ccnc(-n4ccnc4)c3)sc2C1. The molecule has 0 saturated carbocycles. The minimum atomic E-state index is -0.169. The largest absolute Gasteiger partial charge is 0.298 e. The van der Waals surface area contributed by atoms with Gasteiger partial charge in [0.05, 0.1) is 5.69 Å². The molecule has 0 aliphatic heterocycles. The van der Waals surface area contributed by atoms with Crippen LogP contribution in [0.1, 0.15) is 34.3 Å². The zero-order chi connectivity index (χ0) is 16.5. The third-order valence-corrected chi connectivity index (χ3v) is 5.22. The van der Waals surface area contributed by atoms with Crippen LogP contribution in [0.4, 0.5) is 5.13 Å². The van der Waals surface area contributed by atoms with E-state index < -0.39 is 0 Å². The highest BCUT2D eigenvalue weighted by atomic mass is 32.1. The number of rotatable bonds is 3. The molecule has 122 valence electrons. The van der Waals surface area contributed by atoms with E-state index in [1.54, 1.807) is 53.0 Å². The number of aromatic nitrogens is 4. The molecule has 6 nitrogen and oxygen atoms in total. The Morgan fingerprint density at radius 2 is 2.33 bits per heavy atom. The Morgan fingerprint density at radius 1 is 1.42 bits per heavy atom. The van der Waals surface area contributed by atoms with Crippen LogP contribution in [0.25, 0.3) is 5.82 Å². The summed E-state index contributed by atoms with van der Waals surface area (Å²) in [6.45, 7) is 2.26. The highest BCUT2D eigenvalue weighted by Crippen LogP contribution is 2.32. The predicted molar refractivity (Wildman–Crippen MR) is 92.6 cm³/mol. The van der Waals surface area contributed by atoms with Gasteiger partial charge in [0.15, 0.2) is 5.13 Å². The number of imidazole rings is 1. The standard InChI is InChI=1S/C17H17N5OS/c1-11-2-3-13-14(8-11)24-17(20-13)21-16(23)12-4-5-19-15(9-12)22-7-6-18-10-22/h4-7,9-11H,2-3,8H2,1H3,(H,20,21,23)/t11-/m1/s1. The molecule has 1 N–H and O–H groups in total. The zero-order valence-corrected chi connectivity index (χ0v) is 14.1. The molecule has 0 aromatic carbocycles. The molecule has 3 heterocycles. The smallest absolute Gasteiger partial charge is 0.257 e. The van der Waals surface area contributed by atoms with Crippen molar-refractivity contribution in [1.29, 1.82) is 0 Å². The molecule has 3 aromatic heterocycles. The lowest BCUT2D eigenvalue weighted by atomic mass is 9.93. The van der Waals surface area contributed by atoms with Crippen molar-refractivity contribution in [1.82, 2.24) is 19.5 Å². The van der Waals surface area contributed by atoms with Crippen molar-refractivity contribution < 1.29 is 4.79 Å². The second-order valence-electron chi connectivity index (χ2n) is 6.06. The van der Waals surface area contributed by atoms with Crippen molar-refractivity contribution in [3.8, 4) is 5.82 Å². The molecule has 7 heteroatoms. The Labute approximate surface area is 143 Å². The number of fused-ring (bicyclic) bond motifs is 1. The van der Waals surface area contributed by atoms with Gasteiger partial charge in [-0.1, -0.05) is 6.92 Å². The van der Waals surface area contributed by atoms with Crippen molar-refractivity contribution in [2.45, 2.75) is 26.2 Å². The molecular weight excluding hydrogens is 322 g/mol. The van der Waals surface area contributed by atoms with E-state index in [0.717, 1.165) is 18.5 Å². The molecule has 1 aliphatic rings. The maximum Gasteiger partial charge on any atom is 0.257 e. The van der Waals surface area contributed by atoms with E-state index in [2.05, 4.69) is 27.2 Å². The topological polar surface area (TPSA) is 72.7 Å². The first-order valence-corrected chi connectivity index (χ1v) is 8.75. The molecule has 3 aromatic rings. The fourth-order valence-corrected chi connectivity index (χ4v) is 4.02. The van der Waals surface area contributed by atoms with Gasteiger partial charge in [0.1, 0.15) is 12.1 Å². The fraction of sp³-hybridized carbons (Fsp3) is 0.294. The first-order chi connectivity index (χ1) is 11.7. The van der Waals surface area contributed by atoms with Crippen LogP contribution in [0.2, 0.25) is 0 Å². The summed E-state index contributed by atoms with van der Waals surface area (Å²) in [6.07, 6.45) is 9.98. The van der Waals surface area contributed by atoms with Crippen LogP contribution >= 0.6 is 11.3 Å². The molecule has 0 unspecified atom stereocenters. The summed E-state index contributed by atoms with van der Waals surface area (Å²) in [4.78, 5) is 26.7. The van der Waals surface area contributed by atoms with E-state index in [4.69, 9.17) is 0 Å². The molecule has 0 radical (unpaired) electrons. The fourth-order valence-electron chi connectivity index (χ4n) is 2.86. The molecule has 0 bridgehead atoms. The number of pyridine rings is 1. The van der Waals surface area contributed by atoms with Crippen molar-refractivity contribution in [3.63, 3.8) is 0 Å². The summed E-state index contributed by atoms with van der Waals surface area (Å²) in [5.74, 6) is 1.18. The van der Waals surface area contributed by atoms with Crippen LogP contribution < -0.4 is 5.32 Å². The molecule has 1 aliphatic carbocycles. The second kappa shape index (κ2) is 6.16. The van der Waals surface area contributed by atoms with Crippen LogP contribution in [0, 0.1) is 5.92 Å². The molecule has 0 spiro atoms. The Hall–Kier alpha value is -2.54. The van der Waals surface area contributed by atoms with E-state index in [1.165, 1.54) is 11.3 Å². The van der Waals surface area contributed by atoms with Crippen molar-refractivity contribution in [2.75, 3.05) is 5.32 Å². The van der Waals surface area contributed by atoms with Gasteiger partial charge < -0.3 is 0 Å². The van der Waals surface area contributed by atoms with Crippen LogP contribution in [0.15, 0.2) is 37.1 Å². The number of nitrogens with one attached hydrogen (secondary N) is 1. The third kappa shape index (κ3) is 2.94. The van der Waals surface area contributed by atoms with Crippen LogP contribution in [-0.2, 0) is 12.8 Å². The van der Waals surface area contributed by atoms with Crippen LogP contribution in [0.3, 0.4) is 0 Å². The highest BCUT2D eigenvalue weighted by molar-refractivity contribution is 7.15. The van der Waals surface area contributed by atoms with Gasteiger partial charge in [-0.25, -0.2) is 15.0 Å². The molecule has 1 atom stereocenters. The number of amides is 1. The van der Waals surface area contributed by atoms with Gasteiger partial charge in [0.25, 0.3) is 5.91 Å². The van der Waals surface area contributed by atoms with E-state index in [0.29, 0.717) is 22.4 Å². The number of thiazole rings is 1. The quantitative estimate of drug-likeness (QED) is 0.796. The first-order valence-electron chi connectivity index (χ1n) is 7.93. The number of anilines is 1. The summed E-state index contributed by atoms with van der Waals surface area (Å²) in [5, 5.41) is 3.60. The highest BCUT2D eigenvalue weighted by Gasteiger charge is 2.20. The Bertz CT molecular complexity index is 871. The Morgan fingerprint density at radius 3 is 3.17 bits per heavy atom. The normalized spacial score (nSPS) is 16.6. The molecular formula is C17H17N5OS. The lowest BCUT2D eigenvalue weighted by Gasteiger charge is -2.15. The Balaban J connectivity index is 1.54. The summed E-state index contributed by atoms with van der Waals surface area (Å²) in [6, 6.07) is 3.44. The average Bonchev–Trinajstić information content (AvgIpc) is 3.23. The molecule has 0 saturated heterocycles. The van der Waals surface area contributed by atoms with Crippen molar-refractivity contribution in [3.05, 3.63) is 53.2 Å². The van der Waals surface area contributed by atoms with Gasteiger partial charge in [-0.3, -0.25) is 14.7 Å². The van der Waals surface area contributed by atoms with Crippen molar-refractivity contribution in [2.24, 2.45) is 5.92 Å². The maximum atomic E-state index is 12.5. The number of hydrogen-bond acceptors (Lipinski definition) is 5. The maximum absolute atomic E-state index is 12.5. The first kappa shape index (κ1) is 15.0. The Kier molecular flexibility index (Phi) is 3.86. The lowest BCUT2D eigenvalue weighted by molar-refractivity contribution is 0.102. The summed E-state index contributed by atoms with van der Waals surface area (Å²) in [7, 11) is 0. The number of nitrogens with zero attached hydrogens (tertiary/aromatic N) is 4. The third-order valence-electron chi connectivity index (χ3n) is 4.18. The van der Waals surface area contributed by atoms with Gasteiger partial charge in [0, 0.05) is 29.0 Å². The van der Waals surface area contributed by atoms with E-state index in [-0.39, 0.29) is 5.91 Å². The van der Waals surface area contributed by atoms with E-state index in [9.17, 15) is 4.79 Å². The minimum Gasteiger partial charge on any atom is -0.298 e. The molecule has 0 fully saturated rings. The van der Waals surface area contributed by atoms with Crippen LogP contribution in [0.5, 0.6) is 0 Å². The lowest BCUT2D eigenvalue weighted by Crippen LogP contribution is -2.13. The number of aryl methyl sites for hydroxylation is 1. The van der Waals surface area contributed by atoms with E-state index >= 15 is 0 Å². The summed E-state index contributed by atoms with van der Waals surface area (Å²) < 4.78 is 1.76. The molecule has 24 heavy (non-hydrogen) atoms. The minimum absolute atomic E-state index is 0.169. The van der Waals surface area contributed by atoms with Gasteiger partial charge >= 0.3 is 0 Å². The summed E-state index contributed by atoms with van der Waals surface area (Å²) in [5.41, 5.74) is 1.69. The molecule has 4 rings (SSSR count). The predicted octanol–water partition coefficient (Wildman–Crippen LogP) is 3.10. The number of carbonyl (C=O) groups is 1. The van der Waals surface area contributed by atoms with Gasteiger partial charge in [0.2, 0.25) is 0 Å². The zero-order valence-electron chi connectivity index (χ0n) is 13.3. The second-order valence-corrected chi connectivity index (χ2v) is 7.15. The number of hydrogen-bond donors (Lipinski definition) is 1. The van der Waals surface area contributed by atoms with Gasteiger partial charge in [-0.05, 0) is 37.3 Å². The monoisotopic (exact) mass is 339 g/mol. The van der Waals surface area contributed by atoms with Crippen LogP contribution in [-0.4, -0.2) is 25.4 Å². The molecule has 1 amide bonds. The summed E-state index contributed by atoms with van der Waals surface area (Å²) >= 11 is 1.59. The van der Waals surface area contributed by atoms with E-state index in [1.807, 2.05) is 0 Å². The average molecular weight is 339 g/mol.